The van der Waals surface area contributed by atoms with Gasteiger partial charge in [-0.15, -0.1) is 0 Å². The van der Waals surface area contributed by atoms with Gasteiger partial charge in [0.25, 0.3) is 5.56 Å². The van der Waals surface area contributed by atoms with Crippen LogP contribution in [0.5, 0.6) is 0 Å². The Morgan fingerprint density at radius 3 is 2.38 bits per heavy atom. The fourth-order valence-electron chi connectivity index (χ4n) is 3.16. The first kappa shape index (κ1) is 21.1. The zero-order chi connectivity index (χ0) is 21.5. The van der Waals surface area contributed by atoms with Crippen LogP contribution in [0.4, 0.5) is 4.39 Å². The van der Waals surface area contributed by atoms with Crippen molar-refractivity contribution >= 4 is 46.8 Å². The zero-order valence-corrected chi connectivity index (χ0v) is 17.2. The third-order valence-electron chi connectivity index (χ3n) is 4.44. The highest BCUT2D eigenvalue weighted by atomic mass is 35.5. The molecule has 3 rings (SSSR count). The molecule has 0 atom stereocenters. The summed E-state index contributed by atoms with van der Waals surface area (Å²) < 4.78 is 15.5. The average molecular weight is 453 g/mol. The number of halogens is 4. The van der Waals surface area contributed by atoms with Gasteiger partial charge >= 0.3 is 5.97 Å². The van der Waals surface area contributed by atoms with Gasteiger partial charge in [0.05, 0.1) is 15.7 Å². The number of aromatic nitrogens is 1. The second-order valence-electron chi connectivity index (χ2n) is 6.12. The van der Waals surface area contributed by atoms with Crippen molar-refractivity contribution in [1.29, 1.82) is 0 Å². The molecular formula is C21H13Cl3FNO3. The molecule has 0 amide bonds. The molecule has 0 bridgehead atoms. The normalized spacial score (nSPS) is 10.8. The number of nitrogens with zero attached hydrogens (tertiary/aromatic N) is 1. The first-order valence-electron chi connectivity index (χ1n) is 8.23. The Bertz CT molecular complexity index is 1230. The molecular weight excluding hydrogens is 440 g/mol. The van der Waals surface area contributed by atoms with Gasteiger partial charge in [-0.25, -0.2) is 9.18 Å². The van der Waals surface area contributed by atoms with E-state index in [0.29, 0.717) is 16.8 Å². The van der Waals surface area contributed by atoms with Gasteiger partial charge in [0, 0.05) is 21.8 Å². The van der Waals surface area contributed by atoms with Crippen LogP contribution in [0.1, 0.15) is 21.6 Å². The monoisotopic (exact) mass is 451 g/mol. The summed E-state index contributed by atoms with van der Waals surface area (Å²) in [6, 6.07) is 8.27. The molecule has 2 aromatic carbocycles. The molecule has 148 valence electrons. The molecule has 0 aliphatic heterocycles. The van der Waals surface area contributed by atoms with E-state index >= 15 is 0 Å². The Morgan fingerprint density at radius 2 is 1.83 bits per heavy atom. The van der Waals surface area contributed by atoms with Gasteiger partial charge in [0.2, 0.25) is 0 Å². The first-order chi connectivity index (χ1) is 13.7. The van der Waals surface area contributed by atoms with E-state index < -0.39 is 22.9 Å². The third kappa shape index (κ3) is 3.69. The minimum atomic E-state index is -1.47. The minimum absolute atomic E-state index is 0.122. The van der Waals surface area contributed by atoms with Crippen LogP contribution in [0, 0.1) is 12.7 Å². The van der Waals surface area contributed by atoms with E-state index in [1.54, 1.807) is 13.0 Å². The van der Waals surface area contributed by atoms with Crippen molar-refractivity contribution in [1.82, 2.24) is 4.57 Å². The number of benzene rings is 2. The molecule has 0 saturated heterocycles. The van der Waals surface area contributed by atoms with Crippen molar-refractivity contribution in [3.05, 3.63) is 91.0 Å². The number of hydrogen-bond donors (Lipinski definition) is 1. The summed E-state index contributed by atoms with van der Waals surface area (Å²) >= 11 is 17.8. The van der Waals surface area contributed by atoms with Crippen LogP contribution in [0.15, 0.2) is 47.8 Å². The Morgan fingerprint density at radius 1 is 1.14 bits per heavy atom. The fraction of sp³-hybridized carbons (Fsp3) is 0.0476. The Labute approximate surface area is 180 Å². The van der Waals surface area contributed by atoms with Gasteiger partial charge in [-0.1, -0.05) is 53.5 Å². The highest BCUT2D eigenvalue weighted by molar-refractivity contribution is 6.42. The molecule has 0 radical (unpaired) electrons. The molecule has 1 heterocycles. The number of rotatable bonds is 4. The van der Waals surface area contributed by atoms with Crippen molar-refractivity contribution in [3.63, 3.8) is 0 Å². The van der Waals surface area contributed by atoms with Crippen molar-refractivity contribution < 1.29 is 14.3 Å². The highest BCUT2D eigenvalue weighted by Crippen LogP contribution is 2.34. The van der Waals surface area contributed by atoms with Crippen molar-refractivity contribution in [2.45, 2.75) is 6.92 Å². The molecule has 0 aliphatic rings. The molecule has 1 N–H and O–H groups in total. The van der Waals surface area contributed by atoms with Crippen LogP contribution in [0.2, 0.25) is 15.1 Å². The fourth-order valence-corrected chi connectivity index (χ4v) is 3.62. The van der Waals surface area contributed by atoms with E-state index in [4.69, 9.17) is 34.8 Å². The summed E-state index contributed by atoms with van der Waals surface area (Å²) in [5, 5.41) is 10.4. The van der Waals surface area contributed by atoms with E-state index in [-0.39, 0.29) is 26.3 Å². The van der Waals surface area contributed by atoms with Crippen molar-refractivity contribution in [3.8, 4) is 16.8 Å². The predicted octanol–water partition coefficient (Wildman–Crippen LogP) is 6.25. The molecule has 0 aliphatic carbocycles. The van der Waals surface area contributed by atoms with E-state index in [1.807, 2.05) is 0 Å². The molecule has 0 fully saturated rings. The summed E-state index contributed by atoms with van der Waals surface area (Å²) in [5.74, 6) is -2.24. The lowest BCUT2D eigenvalue weighted by Gasteiger charge is -2.19. The number of aromatic carboxylic acids is 1. The van der Waals surface area contributed by atoms with E-state index in [1.165, 1.54) is 30.3 Å². The standard InChI is InChI=1S/C21H13Cl3FNO3/c1-3-13-10(2)26(17-7-5-12(22)9-16(17)25)20(27)19(21(28)29)18(13)11-4-6-14(23)15(24)8-11/h3-9H,1H2,2H3,(H,28,29). The SMILES string of the molecule is C=Cc1c(-c2ccc(Cl)c(Cl)c2)c(C(=O)O)c(=O)n(-c2ccc(Cl)cc2F)c1C. The maximum atomic E-state index is 14.5. The predicted molar refractivity (Wildman–Crippen MR) is 114 cm³/mol. The van der Waals surface area contributed by atoms with Crippen LogP contribution >= 0.6 is 34.8 Å². The van der Waals surface area contributed by atoms with Gasteiger partial charge < -0.3 is 5.11 Å². The molecule has 29 heavy (non-hydrogen) atoms. The number of carbonyl (C=O) groups is 1. The van der Waals surface area contributed by atoms with Gasteiger partial charge in [-0.2, -0.15) is 0 Å². The van der Waals surface area contributed by atoms with E-state index in [9.17, 15) is 19.1 Å². The second-order valence-corrected chi connectivity index (χ2v) is 7.37. The lowest BCUT2D eigenvalue weighted by molar-refractivity contribution is 0.0695. The van der Waals surface area contributed by atoms with Crippen molar-refractivity contribution in [2.75, 3.05) is 0 Å². The third-order valence-corrected chi connectivity index (χ3v) is 5.41. The maximum Gasteiger partial charge on any atom is 0.342 e. The highest BCUT2D eigenvalue weighted by Gasteiger charge is 2.26. The van der Waals surface area contributed by atoms with Crippen molar-refractivity contribution in [2.24, 2.45) is 0 Å². The largest absolute Gasteiger partial charge is 0.477 e. The number of carboxylic acid groups (broad SMARTS) is 1. The van der Waals surface area contributed by atoms with Crippen LogP contribution in [0.25, 0.3) is 22.9 Å². The molecule has 4 nitrogen and oxygen atoms in total. The molecule has 1 aromatic heterocycles. The molecule has 0 unspecified atom stereocenters. The molecule has 3 aromatic rings. The second kappa shape index (κ2) is 8.03. The zero-order valence-electron chi connectivity index (χ0n) is 15.0. The topological polar surface area (TPSA) is 59.3 Å². The van der Waals surface area contributed by atoms with E-state index in [0.717, 1.165) is 10.6 Å². The smallest absolute Gasteiger partial charge is 0.342 e. The minimum Gasteiger partial charge on any atom is -0.477 e. The van der Waals surface area contributed by atoms with Crippen LogP contribution in [-0.4, -0.2) is 15.6 Å². The van der Waals surface area contributed by atoms with Crippen LogP contribution in [0.3, 0.4) is 0 Å². The first-order valence-corrected chi connectivity index (χ1v) is 9.37. The van der Waals surface area contributed by atoms with Gasteiger partial charge in [0.15, 0.2) is 0 Å². The maximum absolute atomic E-state index is 14.5. The lowest BCUT2D eigenvalue weighted by atomic mass is 9.93. The average Bonchev–Trinajstić information content (AvgIpc) is 2.65. The molecule has 0 spiro atoms. The van der Waals surface area contributed by atoms with Gasteiger partial charge in [-0.05, 0) is 42.8 Å². The summed E-state index contributed by atoms with van der Waals surface area (Å²) in [4.78, 5) is 25.2. The Balaban J connectivity index is 2.49. The Hall–Kier alpha value is -2.60. The quantitative estimate of drug-likeness (QED) is 0.509. The van der Waals surface area contributed by atoms with Gasteiger partial charge in [0.1, 0.15) is 11.4 Å². The number of pyridine rings is 1. The van der Waals surface area contributed by atoms with Crippen LogP contribution < -0.4 is 5.56 Å². The number of carboxylic acids is 1. The van der Waals surface area contributed by atoms with E-state index in [2.05, 4.69) is 6.58 Å². The summed E-state index contributed by atoms with van der Waals surface area (Å²) in [6.45, 7) is 5.31. The summed E-state index contributed by atoms with van der Waals surface area (Å²) in [6.07, 6.45) is 1.41. The summed E-state index contributed by atoms with van der Waals surface area (Å²) in [7, 11) is 0. The van der Waals surface area contributed by atoms with Crippen LogP contribution in [-0.2, 0) is 0 Å². The molecule has 0 saturated carbocycles. The lowest BCUT2D eigenvalue weighted by Crippen LogP contribution is -2.29. The number of hydrogen-bond acceptors (Lipinski definition) is 2. The molecule has 8 heteroatoms. The Kier molecular flexibility index (Phi) is 5.85. The van der Waals surface area contributed by atoms with Gasteiger partial charge in [-0.3, -0.25) is 9.36 Å². The summed E-state index contributed by atoms with van der Waals surface area (Å²) in [5.41, 5.74) is -0.425.